The fraction of sp³-hybridized carbons (Fsp3) is 0.150. The molecule has 3 aromatic rings. The Bertz CT molecular complexity index is 991. The summed E-state index contributed by atoms with van der Waals surface area (Å²) in [6, 6.07) is 11.9. The average molecular weight is 384 g/mol. The first-order valence-corrected chi connectivity index (χ1v) is 8.58. The first-order chi connectivity index (χ1) is 13.5. The van der Waals surface area contributed by atoms with Crippen molar-refractivity contribution in [2.45, 2.75) is 13.8 Å². The van der Waals surface area contributed by atoms with Crippen molar-refractivity contribution in [1.29, 1.82) is 0 Å². The highest BCUT2D eigenvalue weighted by molar-refractivity contribution is 6.03. The summed E-state index contributed by atoms with van der Waals surface area (Å²) in [4.78, 5) is 20.8. The van der Waals surface area contributed by atoms with Gasteiger partial charge in [-0.3, -0.25) is 4.79 Å². The van der Waals surface area contributed by atoms with Gasteiger partial charge in [-0.15, -0.1) is 0 Å². The molecule has 6 nitrogen and oxygen atoms in total. The highest BCUT2D eigenvalue weighted by Gasteiger charge is 2.15. The van der Waals surface area contributed by atoms with Crippen LogP contribution in [0.1, 0.15) is 23.1 Å². The van der Waals surface area contributed by atoms with Gasteiger partial charge >= 0.3 is 0 Å². The van der Waals surface area contributed by atoms with Gasteiger partial charge in [0.1, 0.15) is 28.8 Å². The van der Waals surface area contributed by atoms with Crippen molar-refractivity contribution in [3.8, 4) is 5.75 Å². The number of benzene rings is 2. The zero-order valence-electron chi connectivity index (χ0n) is 15.3. The van der Waals surface area contributed by atoms with Gasteiger partial charge < -0.3 is 15.4 Å². The predicted octanol–water partition coefficient (Wildman–Crippen LogP) is 4.46. The van der Waals surface area contributed by atoms with E-state index in [1.807, 2.05) is 6.92 Å². The Kier molecular flexibility index (Phi) is 5.78. The van der Waals surface area contributed by atoms with Crippen molar-refractivity contribution in [3.05, 3.63) is 71.6 Å². The van der Waals surface area contributed by atoms with E-state index in [-0.39, 0.29) is 17.3 Å². The number of carbonyl (C=O) groups is 1. The molecule has 0 spiro atoms. The summed E-state index contributed by atoms with van der Waals surface area (Å²) in [6.07, 6.45) is 0. The van der Waals surface area contributed by atoms with Gasteiger partial charge in [0, 0.05) is 5.69 Å². The van der Waals surface area contributed by atoms with Crippen LogP contribution in [0, 0.1) is 18.6 Å². The lowest BCUT2D eigenvalue weighted by atomic mass is 10.2. The number of nitrogens with zero attached hydrogens (tertiary/aromatic N) is 2. The molecule has 0 aliphatic carbocycles. The summed E-state index contributed by atoms with van der Waals surface area (Å²) >= 11 is 0. The Morgan fingerprint density at radius 2 is 1.79 bits per heavy atom. The van der Waals surface area contributed by atoms with Crippen molar-refractivity contribution in [1.82, 2.24) is 9.97 Å². The van der Waals surface area contributed by atoms with Gasteiger partial charge in [-0.05, 0) is 44.2 Å². The molecule has 0 atom stereocenters. The van der Waals surface area contributed by atoms with Crippen LogP contribution in [0.25, 0.3) is 0 Å². The summed E-state index contributed by atoms with van der Waals surface area (Å²) in [5.41, 5.74) is 0.594. The lowest BCUT2D eigenvalue weighted by Crippen LogP contribution is -2.16. The van der Waals surface area contributed by atoms with Crippen LogP contribution in [-0.2, 0) is 0 Å². The highest BCUT2D eigenvalue weighted by Crippen LogP contribution is 2.25. The molecule has 8 heteroatoms. The maximum atomic E-state index is 13.8. The molecule has 28 heavy (non-hydrogen) atoms. The molecule has 1 aromatic heterocycles. The molecule has 144 valence electrons. The predicted molar refractivity (Wildman–Crippen MR) is 102 cm³/mol. The molecule has 1 heterocycles. The van der Waals surface area contributed by atoms with Crippen molar-refractivity contribution in [3.63, 3.8) is 0 Å². The molecular formula is C20H18F2N4O2. The van der Waals surface area contributed by atoms with Gasteiger partial charge in [-0.1, -0.05) is 18.2 Å². The summed E-state index contributed by atoms with van der Waals surface area (Å²) in [5.74, 6) is -1.65. The monoisotopic (exact) mass is 384 g/mol. The summed E-state index contributed by atoms with van der Waals surface area (Å²) in [7, 11) is 0. The number of hydrogen-bond acceptors (Lipinski definition) is 5. The van der Waals surface area contributed by atoms with Crippen LogP contribution in [0.2, 0.25) is 0 Å². The normalized spacial score (nSPS) is 10.4. The molecule has 1 amide bonds. The Labute approximate surface area is 160 Å². The number of aryl methyl sites for hydroxylation is 1. The second-order valence-corrected chi connectivity index (χ2v) is 5.82. The third kappa shape index (κ3) is 4.40. The molecule has 0 radical (unpaired) electrons. The van der Waals surface area contributed by atoms with Crippen molar-refractivity contribution < 1.29 is 18.3 Å². The van der Waals surface area contributed by atoms with Crippen molar-refractivity contribution in [2.24, 2.45) is 0 Å². The Morgan fingerprint density at radius 1 is 1.07 bits per heavy atom. The van der Waals surface area contributed by atoms with E-state index in [4.69, 9.17) is 4.74 Å². The molecule has 0 fully saturated rings. The van der Waals surface area contributed by atoms with Crippen LogP contribution in [0.4, 0.5) is 26.1 Å². The van der Waals surface area contributed by atoms with Crippen LogP contribution < -0.4 is 15.4 Å². The molecule has 2 N–H and O–H groups in total. The van der Waals surface area contributed by atoms with E-state index in [2.05, 4.69) is 20.6 Å². The second-order valence-electron chi connectivity index (χ2n) is 5.82. The van der Waals surface area contributed by atoms with Gasteiger partial charge in [0.15, 0.2) is 0 Å². The molecule has 0 unspecified atom stereocenters. The molecule has 0 saturated carbocycles. The van der Waals surface area contributed by atoms with E-state index in [0.717, 1.165) is 12.1 Å². The molecule has 0 aliphatic rings. The van der Waals surface area contributed by atoms with Gasteiger partial charge in [0.05, 0.1) is 12.3 Å². The highest BCUT2D eigenvalue weighted by atomic mass is 19.1. The summed E-state index contributed by atoms with van der Waals surface area (Å²) < 4.78 is 33.2. The lowest BCUT2D eigenvalue weighted by Gasteiger charge is -2.12. The van der Waals surface area contributed by atoms with Crippen LogP contribution in [0.15, 0.2) is 48.5 Å². The largest absolute Gasteiger partial charge is 0.492 e. The lowest BCUT2D eigenvalue weighted by molar-refractivity contribution is 0.102. The Hall–Kier alpha value is -3.55. The number of carbonyl (C=O) groups excluding carboxylic acids is 1. The zero-order chi connectivity index (χ0) is 20.1. The molecule has 2 aromatic carbocycles. The molecule has 0 saturated heterocycles. The minimum Gasteiger partial charge on any atom is -0.492 e. The van der Waals surface area contributed by atoms with E-state index in [0.29, 0.717) is 23.7 Å². The summed E-state index contributed by atoms with van der Waals surface area (Å²) in [6.45, 7) is 3.93. The topological polar surface area (TPSA) is 76.1 Å². The van der Waals surface area contributed by atoms with E-state index in [9.17, 15) is 13.6 Å². The van der Waals surface area contributed by atoms with Crippen LogP contribution in [-0.4, -0.2) is 22.5 Å². The number of rotatable bonds is 6. The minimum absolute atomic E-state index is 0.0399. The van der Waals surface area contributed by atoms with Gasteiger partial charge in [0.2, 0.25) is 5.95 Å². The Balaban J connectivity index is 1.86. The van der Waals surface area contributed by atoms with Crippen LogP contribution >= 0.6 is 0 Å². The third-order valence-corrected chi connectivity index (χ3v) is 3.72. The maximum absolute atomic E-state index is 13.8. The SMILES string of the molecule is CCOc1ccccc1NC(=O)c1cc(C)nc(Nc2c(F)cccc2F)n1. The van der Waals surface area contributed by atoms with E-state index < -0.39 is 17.5 Å². The fourth-order valence-electron chi connectivity index (χ4n) is 2.51. The van der Waals surface area contributed by atoms with Gasteiger partial charge in [-0.2, -0.15) is 0 Å². The fourth-order valence-corrected chi connectivity index (χ4v) is 2.51. The molecule has 0 bridgehead atoms. The standard InChI is InChI=1S/C20H18F2N4O2/c1-3-28-17-10-5-4-9-15(17)24-19(27)16-11-12(2)23-20(25-16)26-18-13(21)7-6-8-14(18)22/h4-11H,3H2,1-2H3,(H,24,27)(H,23,25,26). The number of hydrogen-bond donors (Lipinski definition) is 2. The van der Waals surface area contributed by atoms with E-state index in [1.165, 1.54) is 12.1 Å². The van der Waals surface area contributed by atoms with E-state index >= 15 is 0 Å². The number of para-hydroxylation sites is 3. The molecule has 0 aliphatic heterocycles. The molecule has 3 rings (SSSR count). The van der Waals surface area contributed by atoms with E-state index in [1.54, 1.807) is 31.2 Å². The molecular weight excluding hydrogens is 366 g/mol. The zero-order valence-corrected chi connectivity index (χ0v) is 15.3. The van der Waals surface area contributed by atoms with Gasteiger partial charge in [-0.25, -0.2) is 18.7 Å². The number of nitrogens with one attached hydrogen (secondary N) is 2. The number of amides is 1. The van der Waals surface area contributed by atoms with Crippen molar-refractivity contribution >= 4 is 23.2 Å². The third-order valence-electron chi connectivity index (χ3n) is 3.72. The second kappa shape index (κ2) is 8.43. The van der Waals surface area contributed by atoms with Gasteiger partial charge in [0.25, 0.3) is 5.91 Å². The average Bonchev–Trinajstić information content (AvgIpc) is 2.66. The maximum Gasteiger partial charge on any atom is 0.274 e. The number of halogens is 2. The first kappa shape index (κ1) is 19.2. The Morgan fingerprint density at radius 3 is 2.50 bits per heavy atom. The van der Waals surface area contributed by atoms with Crippen molar-refractivity contribution in [2.75, 3.05) is 17.2 Å². The number of anilines is 3. The first-order valence-electron chi connectivity index (χ1n) is 8.58. The quantitative estimate of drug-likeness (QED) is 0.656. The number of aromatic nitrogens is 2. The van der Waals surface area contributed by atoms with Crippen LogP contribution in [0.5, 0.6) is 5.75 Å². The summed E-state index contributed by atoms with van der Waals surface area (Å²) in [5, 5.41) is 5.22. The number of ether oxygens (including phenoxy) is 1. The minimum atomic E-state index is -0.790. The van der Waals surface area contributed by atoms with Crippen LogP contribution in [0.3, 0.4) is 0 Å². The smallest absolute Gasteiger partial charge is 0.274 e.